The van der Waals surface area contributed by atoms with Crippen LogP contribution in [0.5, 0.6) is 5.75 Å². The Balaban J connectivity index is 1.16. The highest BCUT2D eigenvalue weighted by molar-refractivity contribution is 6.31. The summed E-state index contributed by atoms with van der Waals surface area (Å²) in [6, 6.07) is 27.6. The minimum atomic E-state index is 0.111. The molecule has 2 aliphatic rings. The molecule has 4 aromatic carbocycles. The molecule has 56 heavy (non-hydrogen) atoms. The van der Waals surface area contributed by atoms with Crippen LogP contribution < -0.4 is 10.5 Å². The minimum Gasteiger partial charge on any atom is -0.493 e. The molecule has 0 atom stereocenters. The number of Topliss-reactive ketones (excluding diaryl/α,β-unsaturated/α-hetero) is 2. The van der Waals surface area contributed by atoms with Gasteiger partial charge in [0.25, 0.3) is 0 Å². The average molecular weight is 791 g/mol. The molecule has 4 heterocycles. The number of carbonyl (C=O) groups is 2. The monoisotopic (exact) mass is 789 g/mol. The number of nitrogens with two attached hydrogens (primary N) is 1. The van der Waals surface area contributed by atoms with Gasteiger partial charge in [-0.25, -0.2) is 0 Å². The Morgan fingerprint density at radius 2 is 1.16 bits per heavy atom. The Morgan fingerprint density at radius 3 is 1.75 bits per heavy atom. The number of carbonyl (C=O) groups excluding carboxylic acids is 2. The molecule has 6 aromatic rings. The number of piperidine rings is 2. The highest BCUT2D eigenvalue weighted by Crippen LogP contribution is 2.35. The molecule has 0 aliphatic carbocycles. The number of halogens is 2. The maximum absolute atomic E-state index is 14.4. The molecule has 2 N–H and O–H groups in total. The molecular formula is C46H49Cl2N5O3. The smallest absolute Gasteiger partial charge is 0.179 e. The van der Waals surface area contributed by atoms with Crippen molar-refractivity contribution in [1.82, 2.24) is 18.9 Å². The van der Waals surface area contributed by atoms with Gasteiger partial charge in [-0.05, 0) is 131 Å². The van der Waals surface area contributed by atoms with Crippen LogP contribution in [0.2, 0.25) is 10.0 Å². The zero-order valence-corrected chi connectivity index (χ0v) is 33.5. The van der Waals surface area contributed by atoms with Crippen molar-refractivity contribution < 1.29 is 14.3 Å². The third kappa shape index (κ3) is 7.91. The highest BCUT2D eigenvalue weighted by Gasteiger charge is 2.27. The van der Waals surface area contributed by atoms with Gasteiger partial charge in [0.15, 0.2) is 11.6 Å². The van der Waals surface area contributed by atoms with Gasteiger partial charge in [0.2, 0.25) is 0 Å². The molecule has 2 aromatic heterocycles. The molecule has 10 heteroatoms. The maximum Gasteiger partial charge on any atom is 0.179 e. The van der Waals surface area contributed by atoms with Gasteiger partial charge in [-0.1, -0.05) is 48.2 Å². The van der Waals surface area contributed by atoms with Crippen molar-refractivity contribution in [1.29, 1.82) is 0 Å². The minimum absolute atomic E-state index is 0.111. The zero-order chi connectivity index (χ0) is 38.8. The SMILES string of the molecule is Cc1c(C(=O)CN2CCCCC2)c2ccc(OCCc3c(C(=O)CN4CCCCC4)c4ccc(CN)cc4n3-c3ccc(Cl)cc3)cc2n1-c1ccc(Cl)cc1. The lowest BCUT2D eigenvalue weighted by Crippen LogP contribution is -2.34. The largest absolute Gasteiger partial charge is 0.493 e. The third-order valence-corrected chi connectivity index (χ3v) is 12.0. The first-order valence-electron chi connectivity index (χ1n) is 20.0. The Labute approximate surface area is 338 Å². The van der Waals surface area contributed by atoms with E-state index in [9.17, 15) is 9.59 Å². The molecule has 8 rings (SSSR count). The van der Waals surface area contributed by atoms with E-state index in [2.05, 4.69) is 25.0 Å². The number of hydrogen-bond acceptors (Lipinski definition) is 6. The van der Waals surface area contributed by atoms with E-state index in [1.807, 2.05) is 85.8 Å². The van der Waals surface area contributed by atoms with Crippen LogP contribution in [0.15, 0.2) is 84.9 Å². The topological polar surface area (TPSA) is 85.7 Å². The number of hydrogen-bond donors (Lipinski definition) is 1. The summed E-state index contributed by atoms with van der Waals surface area (Å²) in [6.45, 7) is 7.30. The zero-order valence-electron chi connectivity index (χ0n) is 32.0. The predicted molar refractivity (Wildman–Crippen MR) is 228 cm³/mol. The maximum atomic E-state index is 14.4. The Morgan fingerprint density at radius 1 is 0.643 bits per heavy atom. The van der Waals surface area contributed by atoms with Crippen LogP contribution in [0.4, 0.5) is 0 Å². The number of nitrogens with zero attached hydrogens (tertiary/aromatic N) is 4. The van der Waals surface area contributed by atoms with E-state index in [1.165, 1.54) is 12.8 Å². The molecule has 0 saturated carbocycles. The molecule has 0 radical (unpaired) electrons. The quantitative estimate of drug-likeness (QED) is 0.117. The van der Waals surface area contributed by atoms with Gasteiger partial charge in [-0.15, -0.1) is 0 Å². The average Bonchev–Trinajstić information content (AvgIpc) is 3.69. The molecule has 2 aliphatic heterocycles. The van der Waals surface area contributed by atoms with Crippen LogP contribution in [0.1, 0.15) is 76.2 Å². The molecule has 0 amide bonds. The normalized spacial score (nSPS) is 15.5. The fraction of sp³-hybridized carbons (Fsp3) is 0.348. The Bertz CT molecular complexity index is 2370. The first-order chi connectivity index (χ1) is 27.3. The first kappa shape index (κ1) is 38.4. The van der Waals surface area contributed by atoms with Crippen LogP contribution in [0.25, 0.3) is 33.2 Å². The lowest BCUT2D eigenvalue weighted by Gasteiger charge is -2.25. The van der Waals surface area contributed by atoms with E-state index in [-0.39, 0.29) is 11.6 Å². The van der Waals surface area contributed by atoms with Gasteiger partial charge in [0.1, 0.15) is 5.75 Å². The Kier molecular flexibility index (Phi) is 11.6. The summed E-state index contributed by atoms with van der Waals surface area (Å²) in [4.78, 5) is 33.0. The predicted octanol–water partition coefficient (Wildman–Crippen LogP) is 9.61. The summed E-state index contributed by atoms with van der Waals surface area (Å²) in [5.41, 5.74) is 14.1. The number of aromatic nitrogens is 2. The molecule has 8 nitrogen and oxygen atoms in total. The number of rotatable bonds is 13. The van der Waals surface area contributed by atoms with Crippen molar-refractivity contribution in [3.8, 4) is 17.1 Å². The van der Waals surface area contributed by atoms with Crippen LogP contribution in [0.3, 0.4) is 0 Å². The summed E-state index contributed by atoms with van der Waals surface area (Å²) in [5, 5.41) is 3.10. The summed E-state index contributed by atoms with van der Waals surface area (Å²) < 4.78 is 10.9. The number of likely N-dealkylation sites (tertiary alicyclic amines) is 2. The molecule has 290 valence electrons. The number of fused-ring (bicyclic) bond motifs is 2. The van der Waals surface area contributed by atoms with Crippen LogP contribution in [0, 0.1) is 6.92 Å². The molecule has 0 unspecified atom stereocenters. The lowest BCUT2D eigenvalue weighted by molar-refractivity contribution is 0.0908. The molecular weight excluding hydrogens is 741 g/mol. The second kappa shape index (κ2) is 17.0. The van der Waals surface area contributed by atoms with Crippen LogP contribution >= 0.6 is 23.2 Å². The van der Waals surface area contributed by atoms with E-state index in [1.54, 1.807) is 0 Å². The van der Waals surface area contributed by atoms with E-state index in [4.69, 9.17) is 33.7 Å². The highest BCUT2D eigenvalue weighted by atomic mass is 35.5. The van der Waals surface area contributed by atoms with Gasteiger partial charge in [-0.2, -0.15) is 0 Å². The summed E-state index contributed by atoms with van der Waals surface area (Å²) in [5.74, 6) is 0.922. The van der Waals surface area contributed by atoms with Gasteiger partial charge in [0, 0.05) is 73.7 Å². The first-order valence-corrected chi connectivity index (χ1v) is 20.7. The summed E-state index contributed by atoms with van der Waals surface area (Å²) >= 11 is 12.7. The van der Waals surface area contributed by atoms with Crippen molar-refractivity contribution >= 4 is 56.6 Å². The van der Waals surface area contributed by atoms with Gasteiger partial charge < -0.3 is 19.6 Å². The van der Waals surface area contributed by atoms with Crippen molar-refractivity contribution in [2.24, 2.45) is 5.73 Å². The molecule has 2 fully saturated rings. The van der Waals surface area contributed by atoms with Crippen molar-refractivity contribution in [3.63, 3.8) is 0 Å². The summed E-state index contributed by atoms with van der Waals surface area (Å²) in [6.07, 6.45) is 7.38. The number of ether oxygens (including phenoxy) is 1. The third-order valence-electron chi connectivity index (χ3n) is 11.5. The van der Waals surface area contributed by atoms with E-state index >= 15 is 0 Å². The number of ketones is 2. The van der Waals surface area contributed by atoms with Gasteiger partial charge in [0.05, 0.1) is 30.7 Å². The summed E-state index contributed by atoms with van der Waals surface area (Å²) in [7, 11) is 0. The Hall–Kier alpha value is -4.44. The fourth-order valence-electron chi connectivity index (χ4n) is 8.77. The van der Waals surface area contributed by atoms with Gasteiger partial charge >= 0.3 is 0 Å². The molecule has 0 bridgehead atoms. The van der Waals surface area contributed by atoms with Crippen molar-refractivity contribution in [3.05, 3.63) is 123 Å². The fourth-order valence-corrected chi connectivity index (χ4v) is 9.02. The molecule has 0 spiro atoms. The van der Waals surface area contributed by atoms with E-state index < -0.39 is 0 Å². The van der Waals surface area contributed by atoms with Crippen LogP contribution in [-0.4, -0.2) is 76.4 Å². The second-order valence-electron chi connectivity index (χ2n) is 15.3. The number of benzene rings is 4. The van der Waals surface area contributed by atoms with Crippen LogP contribution in [-0.2, 0) is 13.0 Å². The van der Waals surface area contributed by atoms with E-state index in [0.717, 1.165) is 113 Å². The molecule has 2 saturated heterocycles. The van der Waals surface area contributed by atoms with Crippen molar-refractivity contribution in [2.45, 2.75) is 58.4 Å². The standard InChI is InChI=1S/C46H49Cl2N5O3/c1-31-45(43(54)29-50-21-4-2-5-22-50)38-19-17-37(27-42(38)52(31)35-13-9-33(47)10-14-35)56-25-20-40-46(44(55)30-51-23-6-3-7-24-51)39-18-8-32(28-49)26-41(39)53(40)36-15-11-34(48)12-16-36/h8-19,26-27H,2-7,20-25,28-30,49H2,1H3. The van der Waals surface area contributed by atoms with E-state index in [0.29, 0.717) is 48.5 Å². The van der Waals surface area contributed by atoms with Crippen molar-refractivity contribution in [2.75, 3.05) is 45.9 Å². The van der Waals surface area contributed by atoms with Gasteiger partial charge in [-0.3, -0.25) is 19.4 Å². The lowest BCUT2D eigenvalue weighted by atomic mass is 10.0. The second-order valence-corrected chi connectivity index (χ2v) is 16.1.